The van der Waals surface area contributed by atoms with Crippen molar-refractivity contribution in [3.8, 4) is 0 Å². The second-order valence-electron chi connectivity index (χ2n) is 5.89. The Bertz CT molecular complexity index is 618. The first-order valence-corrected chi connectivity index (χ1v) is 7.44. The highest BCUT2D eigenvalue weighted by Gasteiger charge is 2.51. The van der Waals surface area contributed by atoms with E-state index in [-0.39, 0.29) is 12.5 Å². The fourth-order valence-electron chi connectivity index (χ4n) is 3.12. The van der Waals surface area contributed by atoms with Gasteiger partial charge in [0.15, 0.2) is 5.82 Å². The number of anilines is 1. The van der Waals surface area contributed by atoms with Gasteiger partial charge in [-0.1, -0.05) is 19.3 Å². The topological polar surface area (TPSA) is 96.3 Å². The summed E-state index contributed by atoms with van der Waals surface area (Å²) in [6.45, 7) is -0.289. The van der Waals surface area contributed by atoms with Crippen LogP contribution >= 0.6 is 0 Å². The van der Waals surface area contributed by atoms with Gasteiger partial charge in [-0.25, -0.2) is 4.79 Å². The second-order valence-corrected chi connectivity index (χ2v) is 5.89. The van der Waals surface area contributed by atoms with Crippen LogP contribution in [0.3, 0.4) is 0 Å². The molecule has 2 fully saturated rings. The zero-order valence-electron chi connectivity index (χ0n) is 12.5. The van der Waals surface area contributed by atoms with Gasteiger partial charge in [-0.05, 0) is 12.8 Å². The number of imide groups is 1. The molecule has 8 nitrogen and oxygen atoms in total. The van der Waals surface area contributed by atoms with E-state index in [1.54, 1.807) is 24.0 Å². The van der Waals surface area contributed by atoms with Crippen LogP contribution in [0, 0.1) is 0 Å². The molecule has 0 radical (unpaired) electrons. The third-order valence-corrected chi connectivity index (χ3v) is 4.24. The first-order valence-electron chi connectivity index (χ1n) is 7.44. The number of rotatable bonds is 3. The van der Waals surface area contributed by atoms with Crippen molar-refractivity contribution in [3.05, 3.63) is 12.3 Å². The van der Waals surface area contributed by atoms with E-state index in [9.17, 15) is 14.4 Å². The van der Waals surface area contributed by atoms with E-state index in [2.05, 4.69) is 15.7 Å². The summed E-state index contributed by atoms with van der Waals surface area (Å²) in [5, 5.41) is 9.38. The molecule has 1 aliphatic heterocycles. The van der Waals surface area contributed by atoms with Crippen molar-refractivity contribution in [1.82, 2.24) is 20.0 Å². The number of nitrogens with zero attached hydrogens (tertiary/aromatic N) is 3. The van der Waals surface area contributed by atoms with Crippen LogP contribution in [0.4, 0.5) is 10.6 Å². The largest absolute Gasteiger partial charge is 0.325 e. The Balaban J connectivity index is 1.65. The summed E-state index contributed by atoms with van der Waals surface area (Å²) in [4.78, 5) is 37.6. The Kier molecular flexibility index (Phi) is 3.59. The monoisotopic (exact) mass is 305 g/mol. The van der Waals surface area contributed by atoms with E-state index in [0.717, 1.165) is 24.2 Å². The number of carbonyl (C=O) groups is 3. The van der Waals surface area contributed by atoms with E-state index in [0.29, 0.717) is 18.7 Å². The summed E-state index contributed by atoms with van der Waals surface area (Å²) in [5.41, 5.74) is -0.791. The minimum atomic E-state index is -0.791. The second kappa shape index (κ2) is 5.43. The van der Waals surface area contributed by atoms with Gasteiger partial charge in [0.1, 0.15) is 12.1 Å². The van der Waals surface area contributed by atoms with Gasteiger partial charge in [-0.2, -0.15) is 5.10 Å². The van der Waals surface area contributed by atoms with Crippen molar-refractivity contribution in [2.75, 3.05) is 11.9 Å². The lowest BCUT2D eigenvalue weighted by Crippen LogP contribution is -2.48. The summed E-state index contributed by atoms with van der Waals surface area (Å²) < 4.78 is 1.56. The highest BCUT2D eigenvalue weighted by Crippen LogP contribution is 2.33. The highest BCUT2D eigenvalue weighted by molar-refractivity contribution is 6.10. The lowest BCUT2D eigenvalue weighted by atomic mass is 9.82. The maximum atomic E-state index is 12.5. The molecule has 0 atom stereocenters. The highest BCUT2D eigenvalue weighted by atomic mass is 16.2. The molecule has 1 aromatic rings. The van der Waals surface area contributed by atoms with Crippen LogP contribution in [0.2, 0.25) is 0 Å². The average Bonchev–Trinajstić information content (AvgIpc) is 2.97. The zero-order chi connectivity index (χ0) is 15.7. The molecule has 2 aliphatic rings. The Morgan fingerprint density at radius 1 is 1.36 bits per heavy atom. The number of hydrogen-bond donors (Lipinski definition) is 2. The maximum absolute atomic E-state index is 12.5. The first kappa shape index (κ1) is 14.6. The zero-order valence-corrected chi connectivity index (χ0v) is 12.5. The summed E-state index contributed by atoms with van der Waals surface area (Å²) in [6.07, 6.45) is 5.90. The number of nitrogens with one attached hydrogen (secondary N) is 2. The van der Waals surface area contributed by atoms with Crippen LogP contribution in [-0.4, -0.2) is 44.6 Å². The molecule has 118 valence electrons. The number of aryl methyl sites for hydroxylation is 1. The number of hydrogen-bond acceptors (Lipinski definition) is 4. The number of amides is 4. The third-order valence-electron chi connectivity index (χ3n) is 4.24. The maximum Gasteiger partial charge on any atom is 0.325 e. The van der Waals surface area contributed by atoms with Gasteiger partial charge in [0.05, 0.1) is 0 Å². The van der Waals surface area contributed by atoms with Crippen molar-refractivity contribution in [1.29, 1.82) is 0 Å². The lowest BCUT2D eigenvalue weighted by Gasteiger charge is -2.30. The molecule has 1 aromatic heterocycles. The molecule has 22 heavy (non-hydrogen) atoms. The molecule has 1 saturated carbocycles. The molecular weight excluding hydrogens is 286 g/mol. The van der Waals surface area contributed by atoms with Gasteiger partial charge in [0.25, 0.3) is 5.91 Å². The van der Waals surface area contributed by atoms with Crippen LogP contribution in [0.15, 0.2) is 12.3 Å². The summed E-state index contributed by atoms with van der Waals surface area (Å²) in [6, 6.07) is 1.16. The Morgan fingerprint density at radius 3 is 2.73 bits per heavy atom. The van der Waals surface area contributed by atoms with E-state index in [4.69, 9.17) is 0 Å². The minimum absolute atomic E-state index is 0.284. The fraction of sp³-hybridized carbons (Fsp3) is 0.571. The van der Waals surface area contributed by atoms with Crippen molar-refractivity contribution in [3.63, 3.8) is 0 Å². The van der Waals surface area contributed by atoms with Gasteiger partial charge in [0, 0.05) is 19.3 Å². The molecule has 0 bridgehead atoms. The minimum Gasteiger partial charge on any atom is -0.323 e. The first-order chi connectivity index (χ1) is 10.5. The van der Waals surface area contributed by atoms with Crippen molar-refractivity contribution < 1.29 is 14.4 Å². The summed E-state index contributed by atoms with van der Waals surface area (Å²) >= 11 is 0. The molecule has 1 aliphatic carbocycles. The SMILES string of the molecule is Cn1ccc(NC(=O)CN2C(=O)NC3(CCCCC3)C2=O)n1. The van der Waals surface area contributed by atoms with Crippen LogP contribution in [0.25, 0.3) is 0 Å². The Labute approximate surface area is 127 Å². The molecule has 2 heterocycles. The van der Waals surface area contributed by atoms with E-state index in [1.807, 2.05) is 0 Å². The number of aromatic nitrogens is 2. The molecule has 1 spiro atoms. The average molecular weight is 305 g/mol. The quantitative estimate of drug-likeness (QED) is 0.800. The van der Waals surface area contributed by atoms with Crippen LogP contribution in [-0.2, 0) is 16.6 Å². The van der Waals surface area contributed by atoms with Crippen LogP contribution in [0.1, 0.15) is 32.1 Å². The van der Waals surface area contributed by atoms with Gasteiger partial charge in [0.2, 0.25) is 5.91 Å². The third kappa shape index (κ3) is 2.56. The predicted molar refractivity (Wildman–Crippen MR) is 77.9 cm³/mol. The molecule has 8 heteroatoms. The Morgan fingerprint density at radius 2 is 2.09 bits per heavy atom. The fourth-order valence-corrected chi connectivity index (χ4v) is 3.12. The molecule has 4 amide bonds. The molecule has 1 saturated heterocycles. The molecule has 0 aromatic carbocycles. The van der Waals surface area contributed by atoms with Crippen molar-refractivity contribution >= 4 is 23.7 Å². The molecule has 3 rings (SSSR count). The predicted octanol–water partition coefficient (Wildman–Crippen LogP) is 0.613. The van der Waals surface area contributed by atoms with Crippen molar-refractivity contribution in [2.24, 2.45) is 7.05 Å². The van der Waals surface area contributed by atoms with Crippen LogP contribution < -0.4 is 10.6 Å². The molecule has 2 N–H and O–H groups in total. The van der Waals surface area contributed by atoms with Crippen molar-refractivity contribution in [2.45, 2.75) is 37.6 Å². The normalized spacial score (nSPS) is 20.3. The van der Waals surface area contributed by atoms with E-state index < -0.39 is 17.5 Å². The Hall–Kier alpha value is -2.38. The van der Waals surface area contributed by atoms with Gasteiger partial charge >= 0.3 is 6.03 Å². The number of carbonyl (C=O) groups excluding carboxylic acids is 3. The molecular formula is C14H19N5O3. The molecule has 0 unspecified atom stereocenters. The number of urea groups is 1. The van der Waals surface area contributed by atoms with E-state index in [1.165, 1.54) is 0 Å². The summed E-state index contributed by atoms with van der Waals surface area (Å²) in [5.74, 6) is -0.324. The van der Waals surface area contributed by atoms with Crippen LogP contribution in [0.5, 0.6) is 0 Å². The summed E-state index contributed by atoms with van der Waals surface area (Å²) in [7, 11) is 1.74. The standard InChI is InChI=1S/C14H19N5O3/c1-18-8-5-10(17-18)15-11(20)9-19-12(21)14(16-13(19)22)6-3-2-4-7-14/h5,8H,2-4,6-7,9H2,1H3,(H,16,22)(H,15,17,20). The van der Waals surface area contributed by atoms with E-state index >= 15 is 0 Å². The van der Waals surface area contributed by atoms with Gasteiger partial charge in [-0.15, -0.1) is 0 Å². The van der Waals surface area contributed by atoms with Gasteiger partial charge in [-0.3, -0.25) is 19.2 Å². The lowest BCUT2D eigenvalue weighted by molar-refractivity contribution is -0.134. The van der Waals surface area contributed by atoms with Gasteiger partial charge < -0.3 is 10.6 Å². The smallest absolute Gasteiger partial charge is 0.323 e.